The van der Waals surface area contributed by atoms with Crippen molar-refractivity contribution in [3.63, 3.8) is 0 Å². The van der Waals surface area contributed by atoms with E-state index in [0.717, 1.165) is 13.0 Å². The lowest BCUT2D eigenvalue weighted by atomic mass is 10.0. The molecule has 0 radical (unpaired) electrons. The third kappa shape index (κ3) is 2.98. The van der Waals surface area contributed by atoms with Gasteiger partial charge in [0.05, 0.1) is 24.4 Å². The van der Waals surface area contributed by atoms with Crippen molar-refractivity contribution >= 4 is 11.6 Å². The predicted octanol–water partition coefficient (Wildman–Crippen LogP) is 1.42. The summed E-state index contributed by atoms with van der Waals surface area (Å²) in [6.07, 6.45) is 2.51. The minimum absolute atomic E-state index is 0.0385. The molecule has 2 atom stereocenters. The summed E-state index contributed by atoms with van der Waals surface area (Å²) in [6, 6.07) is 3.80. The molecule has 5 nitrogen and oxygen atoms in total. The Kier molecular flexibility index (Phi) is 4.15. The van der Waals surface area contributed by atoms with Gasteiger partial charge in [0.25, 0.3) is 0 Å². The molecule has 1 aromatic rings. The number of hydrogen-bond donors (Lipinski definition) is 2. The summed E-state index contributed by atoms with van der Waals surface area (Å²) >= 11 is 0. The highest BCUT2D eigenvalue weighted by molar-refractivity contribution is 5.93. The molecule has 18 heavy (non-hydrogen) atoms. The van der Waals surface area contributed by atoms with Crippen LogP contribution in [0, 0.1) is 5.92 Å². The molecule has 0 saturated carbocycles. The molecule has 0 spiro atoms. The number of nitrogens with one attached hydrogen (secondary N) is 2. The van der Waals surface area contributed by atoms with E-state index in [9.17, 15) is 4.79 Å². The third-order valence-electron chi connectivity index (χ3n) is 3.16. The van der Waals surface area contributed by atoms with E-state index in [1.807, 2.05) is 19.9 Å². The number of ether oxygens (including phenoxy) is 1. The van der Waals surface area contributed by atoms with Gasteiger partial charge in [-0.25, -0.2) is 4.98 Å². The molecule has 98 valence electrons. The zero-order valence-electron chi connectivity index (χ0n) is 10.8. The van der Waals surface area contributed by atoms with Gasteiger partial charge < -0.3 is 15.4 Å². The largest absolute Gasteiger partial charge is 0.478 e. The summed E-state index contributed by atoms with van der Waals surface area (Å²) in [5.74, 6) is 0.668. The van der Waals surface area contributed by atoms with E-state index in [2.05, 4.69) is 15.6 Å². The summed E-state index contributed by atoms with van der Waals surface area (Å²) in [5, 5.41) is 6.15. The molecule has 1 aliphatic rings. The summed E-state index contributed by atoms with van der Waals surface area (Å²) in [6.45, 7) is 5.43. The number of carbonyl (C=O) groups excluding carboxylic acids is 1. The van der Waals surface area contributed by atoms with Crippen LogP contribution in [0.25, 0.3) is 0 Å². The standard InChI is InChI=1S/C13H19N3O2/c1-3-18-12-5-4-10(8-15-12)16-13(17)11-6-7-14-9(11)2/h4-5,8-9,11,14H,3,6-7H2,1-2H3,(H,16,17). The molecule has 2 heterocycles. The lowest BCUT2D eigenvalue weighted by Crippen LogP contribution is -2.32. The molecule has 2 unspecified atom stereocenters. The third-order valence-corrected chi connectivity index (χ3v) is 3.16. The van der Waals surface area contributed by atoms with E-state index in [1.54, 1.807) is 12.3 Å². The van der Waals surface area contributed by atoms with E-state index in [-0.39, 0.29) is 17.9 Å². The first kappa shape index (κ1) is 12.8. The highest BCUT2D eigenvalue weighted by Crippen LogP contribution is 2.18. The topological polar surface area (TPSA) is 63.2 Å². The van der Waals surface area contributed by atoms with Crippen LogP contribution in [0.1, 0.15) is 20.3 Å². The second-order valence-electron chi connectivity index (χ2n) is 4.45. The van der Waals surface area contributed by atoms with Gasteiger partial charge in [-0.15, -0.1) is 0 Å². The average molecular weight is 249 g/mol. The van der Waals surface area contributed by atoms with Crippen molar-refractivity contribution < 1.29 is 9.53 Å². The fourth-order valence-corrected chi connectivity index (χ4v) is 2.14. The van der Waals surface area contributed by atoms with Gasteiger partial charge in [0, 0.05) is 12.1 Å². The lowest BCUT2D eigenvalue weighted by molar-refractivity contribution is -0.120. The predicted molar refractivity (Wildman–Crippen MR) is 69.6 cm³/mol. The van der Waals surface area contributed by atoms with Crippen LogP contribution in [-0.4, -0.2) is 30.1 Å². The van der Waals surface area contributed by atoms with E-state index < -0.39 is 0 Å². The first-order valence-corrected chi connectivity index (χ1v) is 6.34. The summed E-state index contributed by atoms with van der Waals surface area (Å²) in [4.78, 5) is 16.1. The lowest BCUT2D eigenvalue weighted by Gasteiger charge is -2.14. The first-order chi connectivity index (χ1) is 8.70. The Morgan fingerprint density at radius 1 is 1.61 bits per heavy atom. The number of amides is 1. The average Bonchev–Trinajstić information content (AvgIpc) is 2.78. The molecule has 0 aromatic carbocycles. The molecular weight excluding hydrogens is 230 g/mol. The number of aromatic nitrogens is 1. The second-order valence-corrected chi connectivity index (χ2v) is 4.45. The summed E-state index contributed by atoms with van der Waals surface area (Å²) in [7, 11) is 0. The van der Waals surface area contributed by atoms with Gasteiger partial charge in [0.1, 0.15) is 0 Å². The van der Waals surface area contributed by atoms with Crippen LogP contribution in [0.15, 0.2) is 18.3 Å². The molecule has 2 N–H and O–H groups in total. The molecule has 1 saturated heterocycles. The van der Waals surface area contributed by atoms with Crippen molar-refractivity contribution in [1.29, 1.82) is 0 Å². The maximum Gasteiger partial charge on any atom is 0.229 e. The number of pyridine rings is 1. The maximum atomic E-state index is 12.0. The number of carbonyl (C=O) groups is 1. The quantitative estimate of drug-likeness (QED) is 0.847. The van der Waals surface area contributed by atoms with Gasteiger partial charge in [-0.3, -0.25) is 4.79 Å². The van der Waals surface area contributed by atoms with Crippen molar-refractivity contribution in [2.75, 3.05) is 18.5 Å². The molecule has 1 aliphatic heterocycles. The van der Waals surface area contributed by atoms with Crippen molar-refractivity contribution in [2.45, 2.75) is 26.3 Å². The van der Waals surface area contributed by atoms with Gasteiger partial charge in [0.15, 0.2) is 0 Å². The van der Waals surface area contributed by atoms with Crippen molar-refractivity contribution in [2.24, 2.45) is 5.92 Å². The van der Waals surface area contributed by atoms with Gasteiger partial charge in [-0.05, 0) is 32.9 Å². The fourth-order valence-electron chi connectivity index (χ4n) is 2.14. The van der Waals surface area contributed by atoms with Gasteiger partial charge in [0.2, 0.25) is 11.8 Å². The van der Waals surface area contributed by atoms with Gasteiger partial charge >= 0.3 is 0 Å². The minimum Gasteiger partial charge on any atom is -0.478 e. The molecule has 5 heteroatoms. The van der Waals surface area contributed by atoms with Crippen molar-refractivity contribution in [3.05, 3.63) is 18.3 Å². The maximum absolute atomic E-state index is 12.0. The number of anilines is 1. The molecule has 1 aromatic heterocycles. The van der Waals surface area contributed by atoms with Gasteiger partial charge in [-0.1, -0.05) is 0 Å². The van der Waals surface area contributed by atoms with E-state index >= 15 is 0 Å². The Hall–Kier alpha value is -1.62. The Morgan fingerprint density at radius 3 is 3.00 bits per heavy atom. The van der Waals surface area contributed by atoms with Crippen LogP contribution in [0.2, 0.25) is 0 Å². The fraction of sp³-hybridized carbons (Fsp3) is 0.538. The Labute approximate surface area is 107 Å². The smallest absolute Gasteiger partial charge is 0.229 e. The normalized spacial score (nSPS) is 22.8. The molecule has 0 bridgehead atoms. The summed E-state index contributed by atoms with van der Waals surface area (Å²) < 4.78 is 5.25. The van der Waals surface area contributed by atoms with Crippen LogP contribution >= 0.6 is 0 Å². The van der Waals surface area contributed by atoms with Crippen LogP contribution in [0.5, 0.6) is 5.88 Å². The zero-order chi connectivity index (χ0) is 13.0. The highest BCUT2D eigenvalue weighted by atomic mass is 16.5. The summed E-state index contributed by atoms with van der Waals surface area (Å²) in [5.41, 5.74) is 0.711. The molecule has 2 rings (SSSR count). The Bertz CT molecular complexity index is 405. The molecule has 1 fully saturated rings. The van der Waals surface area contributed by atoms with Crippen LogP contribution in [0.4, 0.5) is 5.69 Å². The molecule has 1 amide bonds. The Morgan fingerprint density at radius 2 is 2.44 bits per heavy atom. The van der Waals surface area contributed by atoms with E-state index in [4.69, 9.17) is 4.74 Å². The molecule has 0 aliphatic carbocycles. The minimum atomic E-state index is 0.0385. The Balaban J connectivity index is 1.94. The SMILES string of the molecule is CCOc1ccc(NC(=O)C2CCNC2C)cn1. The zero-order valence-corrected chi connectivity index (χ0v) is 10.8. The molecular formula is C13H19N3O2. The monoisotopic (exact) mass is 249 g/mol. The van der Waals surface area contributed by atoms with Gasteiger partial charge in [-0.2, -0.15) is 0 Å². The number of rotatable bonds is 4. The van der Waals surface area contributed by atoms with E-state index in [0.29, 0.717) is 18.2 Å². The number of hydrogen-bond acceptors (Lipinski definition) is 4. The second kappa shape index (κ2) is 5.82. The van der Waals surface area contributed by atoms with Crippen LogP contribution < -0.4 is 15.4 Å². The highest BCUT2D eigenvalue weighted by Gasteiger charge is 2.29. The van der Waals surface area contributed by atoms with E-state index in [1.165, 1.54) is 0 Å². The first-order valence-electron chi connectivity index (χ1n) is 6.34. The van der Waals surface area contributed by atoms with Crippen LogP contribution in [-0.2, 0) is 4.79 Å². The van der Waals surface area contributed by atoms with Crippen molar-refractivity contribution in [1.82, 2.24) is 10.3 Å². The number of nitrogens with zero attached hydrogens (tertiary/aromatic N) is 1. The van der Waals surface area contributed by atoms with Crippen LogP contribution in [0.3, 0.4) is 0 Å². The van der Waals surface area contributed by atoms with Crippen molar-refractivity contribution in [3.8, 4) is 5.88 Å².